The maximum Gasteiger partial charge on any atom is 0.317 e. The summed E-state index contributed by atoms with van der Waals surface area (Å²) in [4.78, 5) is 27.0. The first-order chi connectivity index (χ1) is 22.3. The Kier molecular flexibility index (Phi) is 18.4. The molecule has 5 nitrogen and oxygen atoms in total. The van der Waals surface area contributed by atoms with Crippen molar-refractivity contribution in [1.29, 1.82) is 0 Å². The number of benzene rings is 1. The van der Waals surface area contributed by atoms with Crippen LogP contribution in [0.2, 0.25) is 0 Å². The molecule has 6 atom stereocenters. The topological polar surface area (TPSA) is 61.8 Å². The SMILES string of the molecule is CCC(C)(CC(C)(CC)C(=O)OC(C)C)C(=O)Oc1c(C)c(C)c2c(c1C)CC[C@](C)(CCC[C@@H](C)CCC[C@@H](C)CCCC(C)C)O2.P. The summed E-state index contributed by atoms with van der Waals surface area (Å²) in [7, 11) is 0. The molecule has 6 heteroatoms. The maximum atomic E-state index is 13.9. The molecule has 0 fully saturated rings. The van der Waals surface area contributed by atoms with Crippen LogP contribution in [0.15, 0.2) is 0 Å². The Morgan fingerprint density at radius 2 is 1.29 bits per heavy atom. The van der Waals surface area contributed by atoms with Crippen LogP contribution in [0.25, 0.3) is 0 Å². The lowest BCUT2D eigenvalue weighted by atomic mass is 9.70. The fourth-order valence-electron chi connectivity index (χ4n) is 7.53. The number of carbonyl (C=O) groups is 2. The lowest BCUT2D eigenvalue weighted by molar-refractivity contribution is -0.163. The zero-order valence-electron chi connectivity index (χ0n) is 34.5. The van der Waals surface area contributed by atoms with E-state index in [1.165, 1.54) is 51.4 Å². The molecular formula is C43H77O5P. The normalized spacial score (nSPS) is 19.6. The lowest BCUT2D eigenvalue weighted by Crippen LogP contribution is -2.41. The molecule has 49 heavy (non-hydrogen) atoms. The van der Waals surface area contributed by atoms with Crippen LogP contribution in [0.1, 0.15) is 182 Å². The highest BCUT2D eigenvalue weighted by atomic mass is 31.0. The first kappa shape index (κ1) is 45.4. The van der Waals surface area contributed by atoms with Gasteiger partial charge in [-0.05, 0) is 135 Å². The molecule has 1 aliphatic heterocycles. The van der Waals surface area contributed by atoms with Gasteiger partial charge in [-0.1, -0.05) is 86.5 Å². The fraction of sp³-hybridized carbons (Fsp3) is 0.814. The maximum absolute atomic E-state index is 13.9. The lowest BCUT2D eigenvalue weighted by Gasteiger charge is -2.39. The zero-order chi connectivity index (χ0) is 36.4. The Morgan fingerprint density at radius 3 is 1.80 bits per heavy atom. The first-order valence-corrected chi connectivity index (χ1v) is 19.6. The van der Waals surface area contributed by atoms with Crippen LogP contribution < -0.4 is 9.47 Å². The Balaban J connectivity index is 0.0000120. The van der Waals surface area contributed by atoms with Crippen molar-refractivity contribution in [2.75, 3.05) is 0 Å². The van der Waals surface area contributed by atoms with Gasteiger partial charge in [-0.2, -0.15) is 9.90 Å². The van der Waals surface area contributed by atoms with E-state index in [0.717, 1.165) is 65.0 Å². The molecule has 1 aromatic rings. The third-order valence-corrected chi connectivity index (χ3v) is 11.7. The van der Waals surface area contributed by atoms with Crippen molar-refractivity contribution < 1.29 is 23.8 Å². The van der Waals surface area contributed by atoms with Crippen LogP contribution in [-0.2, 0) is 20.7 Å². The number of fused-ring (bicyclic) bond motifs is 1. The monoisotopic (exact) mass is 705 g/mol. The van der Waals surface area contributed by atoms with E-state index in [2.05, 4.69) is 48.5 Å². The molecule has 0 aliphatic carbocycles. The third-order valence-electron chi connectivity index (χ3n) is 11.7. The summed E-state index contributed by atoms with van der Waals surface area (Å²) in [6, 6.07) is 0. The summed E-state index contributed by atoms with van der Waals surface area (Å²) in [6.07, 6.45) is 14.8. The van der Waals surface area contributed by atoms with Gasteiger partial charge >= 0.3 is 11.9 Å². The van der Waals surface area contributed by atoms with Gasteiger partial charge in [0, 0.05) is 5.56 Å². The van der Waals surface area contributed by atoms with Gasteiger partial charge in [0.1, 0.15) is 17.1 Å². The molecule has 3 unspecified atom stereocenters. The van der Waals surface area contributed by atoms with Gasteiger partial charge in [0.2, 0.25) is 0 Å². The molecule has 1 aliphatic rings. The fourth-order valence-corrected chi connectivity index (χ4v) is 7.53. The van der Waals surface area contributed by atoms with Crippen LogP contribution in [0.4, 0.5) is 0 Å². The van der Waals surface area contributed by atoms with Crippen LogP contribution >= 0.6 is 9.90 Å². The highest BCUT2D eigenvalue weighted by Gasteiger charge is 2.45. The van der Waals surface area contributed by atoms with Gasteiger partial charge in [-0.3, -0.25) is 9.59 Å². The molecule has 1 aromatic carbocycles. The molecule has 0 N–H and O–H groups in total. The van der Waals surface area contributed by atoms with Gasteiger partial charge in [0.25, 0.3) is 0 Å². The summed E-state index contributed by atoms with van der Waals surface area (Å²) in [5.74, 6) is 3.50. The van der Waals surface area contributed by atoms with Crippen molar-refractivity contribution in [1.82, 2.24) is 0 Å². The van der Waals surface area contributed by atoms with Gasteiger partial charge in [-0.15, -0.1) is 0 Å². The molecule has 0 amide bonds. The number of hydrogen-bond acceptors (Lipinski definition) is 5. The number of ether oxygens (including phenoxy) is 3. The average Bonchev–Trinajstić information content (AvgIpc) is 3.01. The predicted molar refractivity (Wildman–Crippen MR) is 212 cm³/mol. The van der Waals surface area contributed by atoms with Crippen molar-refractivity contribution in [3.8, 4) is 11.5 Å². The van der Waals surface area contributed by atoms with Gasteiger partial charge in [0.15, 0.2) is 0 Å². The Bertz CT molecular complexity index is 1210. The molecule has 0 spiro atoms. The van der Waals surface area contributed by atoms with Crippen molar-refractivity contribution in [2.45, 2.75) is 199 Å². The Labute approximate surface area is 305 Å². The van der Waals surface area contributed by atoms with Crippen LogP contribution in [0, 0.1) is 49.4 Å². The molecule has 0 radical (unpaired) electrons. The smallest absolute Gasteiger partial charge is 0.317 e. The summed E-state index contributed by atoms with van der Waals surface area (Å²) < 4.78 is 18.8. The Hall–Kier alpha value is -1.61. The van der Waals surface area contributed by atoms with Crippen molar-refractivity contribution >= 4 is 21.8 Å². The molecule has 0 aromatic heterocycles. The van der Waals surface area contributed by atoms with Gasteiger partial charge in [0.05, 0.1) is 16.9 Å². The van der Waals surface area contributed by atoms with Crippen molar-refractivity contribution in [3.05, 3.63) is 22.3 Å². The quantitative estimate of drug-likeness (QED) is 0.0768. The minimum atomic E-state index is -0.832. The average molecular weight is 705 g/mol. The van der Waals surface area contributed by atoms with E-state index in [-0.39, 0.29) is 33.5 Å². The largest absolute Gasteiger partial charge is 0.487 e. The summed E-state index contributed by atoms with van der Waals surface area (Å²) >= 11 is 0. The summed E-state index contributed by atoms with van der Waals surface area (Å²) in [5, 5.41) is 0. The second kappa shape index (κ2) is 19.8. The van der Waals surface area contributed by atoms with Crippen molar-refractivity contribution in [2.24, 2.45) is 28.6 Å². The highest BCUT2D eigenvalue weighted by Crippen LogP contribution is 2.47. The minimum Gasteiger partial charge on any atom is -0.487 e. The van der Waals surface area contributed by atoms with Crippen molar-refractivity contribution in [3.63, 3.8) is 0 Å². The van der Waals surface area contributed by atoms with E-state index in [4.69, 9.17) is 14.2 Å². The predicted octanol–water partition coefficient (Wildman–Crippen LogP) is 12.3. The van der Waals surface area contributed by atoms with Crippen LogP contribution in [0.5, 0.6) is 11.5 Å². The molecule has 0 saturated heterocycles. The minimum absolute atomic E-state index is 0. The molecule has 2 rings (SSSR count). The number of esters is 2. The molecule has 284 valence electrons. The van der Waals surface area contributed by atoms with E-state index in [1.807, 2.05) is 48.5 Å². The number of carbonyl (C=O) groups excluding carboxylic acids is 2. The first-order valence-electron chi connectivity index (χ1n) is 19.6. The Morgan fingerprint density at radius 1 is 0.776 bits per heavy atom. The van der Waals surface area contributed by atoms with E-state index in [0.29, 0.717) is 25.0 Å². The van der Waals surface area contributed by atoms with E-state index in [9.17, 15) is 9.59 Å². The molecule has 1 heterocycles. The van der Waals surface area contributed by atoms with Crippen LogP contribution in [-0.4, -0.2) is 23.6 Å². The molecular weight excluding hydrogens is 627 g/mol. The van der Waals surface area contributed by atoms with E-state index < -0.39 is 10.8 Å². The van der Waals surface area contributed by atoms with Crippen LogP contribution in [0.3, 0.4) is 0 Å². The molecule has 0 saturated carbocycles. The highest BCUT2D eigenvalue weighted by molar-refractivity contribution is 6.92. The summed E-state index contributed by atoms with van der Waals surface area (Å²) in [6.45, 7) is 29.5. The second-order valence-electron chi connectivity index (χ2n) is 17.3. The number of rotatable bonds is 20. The van der Waals surface area contributed by atoms with E-state index >= 15 is 0 Å². The van der Waals surface area contributed by atoms with E-state index in [1.54, 1.807) is 0 Å². The second-order valence-corrected chi connectivity index (χ2v) is 17.3. The van der Waals surface area contributed by atoms with Gasteiger partial charge < -0.3 is 14.2 Å². The summed E-state index contributed by atoms with van der Waals surface area (Å²) in [5.41, 5.74) is 2.37. The third kappa shape index (κ3) is 12.8. The molecule has 0 bridgehead atoms. The zero-order valence-corrected chi connectivity index (χ0v) is 35.9. The van der Waals surface area contributed by atoms with Gasteiger partial charge in [-0.25, -0.2) is 0 Å². The number of hydrogen-bond donors (Lipinski definition) is 0. The standard InChI is InChI=1S/C43H74O5.H3P/c1-15-41(12,39(44)46-30(5)6)28-42(13,16-2)40(45)47-37-33(9)34(10)38-36(35(37)11)25-27-43(14,48-38)26-19-24-32(8)23-18-22-31(7)21-17-20-29(3)4;/h29-32H,15-28H2,1-14H3;1H3/t31-,32-,41?,42?,43-;/m0./s1.